The van der Waals surface area contributed by atoms with Crippen molar-refractivity contribution in [3.05, 3.63) is 29.1 Å². The quantitative estimate of drug-likeness (QED) is 0.506. The molecule has 1 aromatic carbocycles. The van der Waals surface area contributed by atoms with Gasteiger partial charge in [0.05, 0.1) is 6.17 Å². The van der Waals surface area contributed by atoms with Gasteiger partial charge in [0.15, 0.2) is 6.17 Å². The molecule has 0 bridgehead atoms. The smallest absolute Gasteiger partial charge is 0.373 e. The Hall–Kier alpha value is -1.95. The van der Waals surface area contributed by atoms with Gasteiger partial charge in [0.1, 0.15) is 11.9 Å². The van der Waals surface area contributed by atoms with Crippen LogP contribution < -0.4 is 21.5 Å². The van der Waals surface area contributed by atoms with Crippen molar-refractivity contribution in [2.75, 3.05) is 25.0 Å². The van der Waals surface area contributed by atoms with Gasteiger partial charge in [-0.2, -0.15) is 13.2 Å². The number of hydrazine groups is 1. The van der Waals surface area contributed by atoms with Crippen molar-refractivity contribution in [2.24, 2.45) is 0 Å². The van der Waals surface area contributed by atoms with Crippen molar-refractivity contribution in [1.29, 1.82) is 0 Å². The zero-order chi connectivity index (χ0) is 23.3. The molecule has 4 aliphatic rings. The Labute approximate surface area is 190 Å². The minimum atomic E-state index is -4.32. The SMILES string of the molecule is Cc1ccc(F)c2c1NC(C(=O)N[C@@H]1CCC[C@@H](N3CCN4C(C3)NNC4C(F)(F)F)C1)C2. The van der Waals surface area contributed by atoms with Crippen LogP contribution in [0.15, 0.2) is 12.1 Å². The molecule has 0 aromatic heterocycles. The Morgan fingerprint density at radius 3 is 2.76 bits per heavy atom. The molecule has 0 spiro atoms. The van der Waals surface area contributed by atoms with Crippen LogP contribution in [0.2, 0.25) is 0 Å². The number of carbonyl (C=O) groups is 1. The van der Waals surface area contributed by atoms with E-state index in [1.165, 1.54) is 11.0 Å². The second kappa shape index (κ2) is 8.68. The molecule has 0 radical (unpaired) electrons. The fourth-order valence-corrected chi connectivity index (χ4v) is 5.77. The molecule has 5 atom stereocenters. The topological polar surface area (TPSA) is 71.7 Å². The zero-order valence-corrected chi connectivity index (χ0v) is 18.5. The summed E-state index contributed by atoms with van der Waals surface area (Å²) in [7, 11) is 0. The van der Waals surface area contributed by atoms with Crippen LogP contribution in [0.3, 0.4) is 0 Å². The number of piperazine rings is 1. The number of anilines is 1. The van der Waals surface area contributed by atoms with Gasteiger partial charge in [-0.25, -0.2) is 15.2 Å². The van der Waals surface area contributed by atoms with Crippen LogP contribution in [0, 0.1) is 12.7 Å². The highest BCUT2D eigenvalue weighted by molar-refractivity contribution is 5.88. The number of fused-ring (bicyclic) bond motifs is 2. The average molecular weight is 471 g/mol. The van der Waals surface area contributed by atoms with Gasteiger partial charge in [-0.05, 0) is 44.2 Å². The number of nitrogens with zero attached hydrogens (tertiary/aromatic N) is 2. The van der Waals surface area contributed by atoms with Gasteiger partial charge in [0.25, 0.3) is 0 Å². The largest absolute Gasteiger partial charge is 0.418 e. The maximum absolute atomic E-state index is 14.2. The Morgan fingerprint density at radius 2 is 2.00 bits per heavy atom. The van der Waals surface area contributed by atoms with Crippen molar-refractivity contribution in [3.8, 4) is 0 Å². The van der Waals surface area contributed by atoms with Crippen molar-refractivity contribution in [2.45, 2.75) is 75.7 Å². The number of hydrogen-bond acceptors (Lipinski definition) is 6. The third kappa shape index (κ3) is 4.43. The first-order valence-electron chi connectivity index (χ1n) is 11.6. The molecule has 1 saturated carbocycles. The minimum Gasteiger partial charge on any atom is -0.373 e. The fraction of sp³-hybridized carbons (Fsp3) is 0.682. The lowest BCUT2D eigenvalue weighted by atomic mass is 9.89. The van der Waals surface area contributed by atoms with Crippen molar-refractivity contribution in [1.82, 2.24) is 26.0 Å². The highest BCUT2D eigenvalue weighted by atomic mass is 19.4. The molecule has 11 heteroatoms. The Kier molecular flexibility index (Phi) is 6.00. The molecule has 7 nitrogen and oxygen atoms in total. The molecule has 182 valence electrons. The van der Waals surface area contributed by atoms with Crippen LogP contribution in [-0.4, -0.2) is 72.0 Å². The Morgan fingerprint density at radius 1 is 1.18 bits per heavy atom. The predicted molar refractivity (Wildman–Crippen MR) is 115 cm³/mol. The van der Waals surface area contributed by atoms with Crippen molar-refractivity contribution >= 4 is 11.6 Å². The summed E-state index contributed by atoms with van der Waals surface area (Å²) in [5.41, 5.74) is 7.36. The highest BCUT2D eigenvalue weighted by Crippen LogP contribution is 2.33. The average Bonchev–Trinajstić information content (AvgIpc) is 3.41. The Bertz CT molecular complexity index is 881. The Balaban J connectivity index is 1.16. The van der Waals surface area contributed by atoms with Crippen LogP contribution in [0.1, 0.15) is 36.8 Å². The number of aryl methyl sites for hydroxylation is 1. The predicted octanol–water partition coefficient (Wildman–Crippen LogP) is 1.84. The van der Waals surface area contributed by atoms with E-state index in [0.29, 0.717) is 37.3 Å². The van der Waals surface area contributed by atoms with Crippen LogP contribution in [0.25, 0.3) is 0 Å². The molecule has 33 heavy (non-hydrogen) atoms. The molecule has 1 aromatic rings. The third-order valence-corrected chi connectivity index (χ3v) is 7.50. The lowest BCUT2D eigenvalue weighted by Gasteiger charge is -2.44. The van der Waals surface area contributed by atoms with E-state index in [2.05, 4.69) is 26.4 Å². The summed E-state index contributed by atoms with van der Waals surface area (Å²) in [5, 5.41) is 6.31. The molecule has 1 aliphatic carbocycles. The highest BCUT2D eigenvalue weighted by Gasteiger charge is 2.51. The number of alkyl halides is 3. The standard InChI is InChI=1S/C22H30F4N6O/c1-12-5-6-16(23)15-10-17(28-19(12)15)20(33)27-13-3-2-4-14(9-13)31-7-8-32-18(11-31)29-30-21(32)22(24,25)26/h5-6,13-14,17-18,21,28-30H,2-4,7-11H2,1H3,(H,27,33)/t13-,14-,17?,18?,21?/m1/s1. The van der Waals surface area contributed by atoms with Crippen LogP contribution in [0.5, 0.6) is 0 Å². The van der Waals surface area contributed by atoms with Gasteiger partial charge < -0.3 is 10.6 Å². The molecule has 5 rings (SSSR count). The number of hydrogen-bond donors (Lipinski definition) is 4. The van der Waals surface area contributed by atoms with E-state index in [4.69, 9.17) is 0 Å². The maximum Gasteiger partial charge on any atom is 0.418 e. The lowest BCUT2D eigenvalue weighted by molar-refractivity contribution is -0.188. The van der Waals surface area contributed by atoms with Gasteiger partial charge >= 0.3 is 6.18 Å². The van der Waals surface area contributed by atoms with E-state index in [1.54, 1.807) is 6.07 Å². The summed E-state index contributed by atoms with van der Waals surface area (Å²) >= 11 is 0. The summed E-state index contributed by atoms with van der Waals surface area (Å²) in [4.78, 5) is 16.6. The second-order valence-corrected chi connectivity index (χ2v) is 9.63. The maximum atomic E-state index is 14.2. The van der Waals surface area contributed by atoms with Crippen LogP contribution >= 0.6 is 0 Å². The number of rotatable bonds is 3. The molecule has 3 unspecified atom stereocenters. The molecule has 4 N–H and O–H groups in total. The lowest BCUT2D eigenvalue weighted by Crippen LogP contribution is -2.60. The van der Waals surface area contributed by atoms with Gasteiger partial charge in [-0.1, -0.05) is 6.07 Å². The summed E-state index contributed by atoms with van der Waals surface area (Å²) in [6, 6.07) is 2.87. The third-order valence-electron chi connectivity index (χ3n) is 7.50. The van der Waals surface area contributed by atoms with Gasteiger partial charge in [0.2, 0.25) is 5.91 Å². The van der Waals surface area contributed by atoms with Crippen LogP contribution in [-0.2, 0) is 11.2 Å². The number of amides is 1. The summed E-state index contributed by atoms with van der Waals surface area (Å²) < 4.78 is 53.7. The summed E-state index contributed by atoms with van der Waals surface area (Å²) in [6.45, 7) is 3.29. The van der Waals surface area contributed by atoms with E-state index in [9.17, 15) is 22.4 Å². The minimum absolute atomic E-state index is 0.00308. The van der Waals surface area contributed by atoms with Crippen molar-refractivity contribution in [3.63, 3.8) is 0 Å². The van der Waals surface area contributed by atoms with E-state index >= 15 is 0 Å². The molecule has 3 heterocycles. The first kappa shape index (κ1) is 22.8. The van der Waals surface area contributed by atoms with Gasteiger partial charge in [0, 0.05) is 49.4 Å². The number of benzene rings is 1. The summed E-state index contributed by atoms with van der Waals surface area (Å²) in [5.74, 6) is -0.423. The van der Waals surface area contributed by atoms with Crippen molar-refractivity contribution < 1.29 is 22.4 Å². The molecule has 3 aliphatic heterocycles. The van der Waals surface area contributed by atoms with E-state index in [-0.39, 0.29) is 30.0 Å². The fourth-order valence-electron chi connectivity index (χ4n) is 5.77. The molecule has 1 amide bonds. The molecule has 2 saturated heterocycles. The summed E-state index contributed by atoms with van der Waals surface area (Å²) in [6.07, 6.45) is -2.49. The van der Waals surface area contributed by atoms with E-state index in [0.717, 1.165) is 31.2 Å². The first-order valence-corrected chi connectivity index (χ1v) is 11.6. The molecular weight excluding hydrogens is 440 g/mol. The molecular formula is C22H30F4N6O. The van der Waals surface area contributed by atoms with Crippen LogP contribution in [0.4, 0.5) is 23.2 Å². The first-order chi connectivity index (χ1) is 15.7. The van der Waals surface area contributed by atoms with Gasteiger partial charge in [-0.3, -0.25) is 14.6 Å². The number of nitrogens with one attached hydrogen (secondary N) is 4. The number of carbonyl (C=O) groups excluding carboxylic acids is 1. The van der Waals surface area contributed by atoms with Gasteiger partial charge in [-0.15, -0.1) is 0 Å². The molecule has 3 fully saturated rings. The zero-order valence-electron chi connectivity index (χ0n) is 18.5. The monoisotopic (exact) mass is 470 g/mol. The second-order valence-electron chi connectivity index (χ2n) is 9.63. The normalized spacial score (nSPS) is 32.8. The van der Waals surface area contributed by atoms with E-state index in [1.807, 2.05) is 6.92 Å². The van der Waals surface area contributed by atoms with E-state index < -0.39 is 18.4 Å². The number of halogens is 4.